The van der Waals surface area contributed by atoms with Crippen LogP contribution >= 0.6 is 35.3 Å². The quantitative estimate of drug-likeness (QED) is 0.293. The fourth-order valence-electron chi connectivity index (χ4n) is 3.18. The maximum absolute atomic E-state index is 12.6. The van der Waals surface area contributed by atoms with E-state index in [2.05, 4.69) is 27.5 Å². The van der Waals surface area contributed by atoms with Crippen LogP contribution in [-0.4, -0.2) is 50.3 Å². The molecule has 10 heteroatoms. The van der Waals surface area contributed by atoms with E-state index in [1.165, 1.54) is 4.88 Å². The Bertz CT molecular complexity index is 923. The Morgan fingerprint density at radius 1 is 1.20 bits per heavy atom. The largest absolute Gasteiger partial charge is 0.356 e. The van der Waals surface area contributed by atoms with Crippen LogP contribution in [0.25, 0.3) is 0 Å². The van der Waals surface area contributed by atoms with E-state index in [1.54, 1.807) is 34.8 Å². The Morgan fingerprint density at radius 2 is 1.90 bits per heavy atom. The first kappa shape index (κ1) is 25.0. The summed E-state index contributed by atoms with van der Waals surface area (Å²) in [6, 6.07) is 7.08. The third-order valence-corrected chi connectivity index (χ3v) is 8.01. The highest BCUT2D eigenvalue weighted by molar-refractivity contribution is 14.0. The van der Waals surface area contributed by atoms with Crippen LogP contribution in [0.2, 0.25) is 0 Å². The summed E-state index contributed by atoms with van der Waals surface area (Å²) in [5.74, 6) is 0.714. The van der Waals surface area contributed by atoms with E-state index in [0.29, 0.717) is 30.5 Å². The first-order valence-electron chi connectivity index (χ1n) is 10.00. The van der Waals surface area contributed by atoms with E-state index >= 15 is 0 Å². The molecular weight excluding hydrogens is 533 g/mol. The number of aromatic nitrogens is 1. The minimum absolute atomic E-state index is 0. The number of thiazole rings is 1. The first-order valence-corrected chi connectivity index (χ1v) is 12.3. The van der Waals surface area contributed by atoms with Gasteiger partial charge in [-0.15, -0.1) is 35.3 Å². The van der Waals surface area contributed by atoms with Gasteiger partial charge in [-0.3, -0.25) is 4.99 Å². The van der Waals surface area contributed by atoms with Crippen LogP contribution < -0.4 is 10.6 Å². The van der Waals surface area contributed by atoms with Crippen molar-refractivity contribution in [2.24, 2.45) is 4.99 Å². The molecule has 2 N–H and O–H groups in total. The van der Waals surface area contributed by atoms with E-state index in [1.807, 2.05) is 18.3 Å². The summed E-state index contributed by atoms with van der Waals surface area (Å²) in [5, 5.41) is 7.68. The lowest BCUT2D eigenvalue weighted by atomic mass is 10.2. The maximum Gasteiger partial charge on any atom is 0.243 e. The first-order chi connectivity index (χ1) is 14.0. The zero-order valence-electron chi connectivity index (χ0n) is 17.4. The number of guanidine groups is 1. The molecule has 0 spiro atoms. The van der Waals surface area contributed by atoms with Crippen LogP contribution in [0.5, 0.6) is 0 Å². The standard InChI is InChI=1S/C20H29N5O2S2.HI/c1-3-17-15-23-19(28-17)10-11-22-20(21-2)24-14-16-6-8-18(9-7-16)29(26,27)25-12-4-5-13-25;/h6-9,15H,3-5,10-14H2,1-2H3,(H2,21,22,24);1H. The molecule has 0 atom stereocenters. The summed E-state index contributed by atoms with van der Waals surface area (Å²) in [5.41, 5.74) is 1.00. The molecule has 1 aliphatic heterocycles. The Balaban J connectivity index is 0.00000320. The van der Waals surface area contributed by atoms with Gasteiger partial charge < -0.3 is 10.6 Å². The van der Waals surface area contributed by atoms with E-state index in [-0.39, 0.29) is 24.0 Å². The molecule has 0 aliphatic carbocycles. The molecule has 2 aromatic rings. The van der Waals surface area contributed by atoms with Crippen LogP contribution in [-0.2, 0) is 29.4 Å². The van der Waals surface area contributed by atoms with Gasteiger partial charge in [-0.2, -0.15) is 4.31 Å². The summed E-state index contributed by atoms with van der Waals surface area (Å²) < 4.78 is 26.7. The van der Waals surface area contributed by atoms with Gasteiger partial charge in [0.2, 0.25) is 10.0 Å². The summed E-state index contributed by atoms with van der Waals surface area (Å²) in [7, 11) is -1.62. The lowest BCUT2D eigenvalue weighted by Crippen LogP contribution is -2.37. The van der Waals surface area contributed by atoms with Crippen molar-refractivity contribution in [2.75, 3.05) is 26.7 Å². The predicted octanol–water partition coefficient (Wildman–Crippen LogP) is 3.02. The number of sulfonamides is 1. The Kier molecular flexibility index (Phi) is 9.98. The van der Waals surface area contributed by atoms with Crippen LogP contribution in [0.1, 0.15) is 35.2 Å². The van der Waals surface area contributed by atoms with Gasteiger partial charge in [0.1, 0.15) is 0 Å². The van der Waals surface area contributed by atoms with Crippen molar-refractivity contribution in [3.63, 3.8) is 0 Å². The highest BCUT2D eigenvalue weighted by Crippen LogP contribution is 2.21. The van der Waals surface area contributed by atoms with Gasteiger partial charge in [0, 0.05) is 50.7 Å². The number of hydrogen-bond acceptors (Lipinski definition) is 5. The SMILES string of the molecule is CCc1cnc(CCNC(=NC)NCc2ccc(S(=O)(=O)N3CCCC3)cc2)s1.I. The summed E-state index contributed by atoms with van der Waals surface area (Å²) in [6.07, 6.45) is 5.70. The topological polar surface area (TPSA) is 86.7 Å². The van der Waals surface area contributed by atoms with Crippen molar-refractivity contribution in [1.82, 2.24) is 19.9 Å². The smallest absolute Gasteiger partial charge is 0.243 e. The summed E-state index contributed by atoms with van der Waals surface area (Å²) in [4.78, 5) is 10.3. The minimum Gasteiger partial charge on any atom is -0.356 e. The molecule has 30 heavy (non-hydrogen) atoms. The number of aryl methyl sites for hydroxylation is 1. The molecule has 2 heterocycles. The fraction of sp³-hybridized carbons (Fsp3) is 0.500. The fourth-order valence-corrected chi connectivity index (χ4v) is 5.56. The van der Waals surface area contributed by atoms with Crippen molar-refractivity contribution < 1.29 is 8.42 Å². The lowest BCUT2D eigenvalue weighted by molar-refractivity contribution is 0.477. The van der Waals surface area contributed by atoms with Crippen molar-refractivity contribution >= 4 is 51.3 Å². The summed E-state index contributed by atoms with van der Waals surface area (Å²) >= 11 is 1.75. The number of nitrogens with one attached hydrogen (secondary N) is 2. The van der Waals surface area contributed by atoms with E-state index in [0.717, 1.165) is 42.8 Å². The van der Waals surface area contributed by atoms with Crippen LogP contribution in [0.15, 0.2) is 40.4 Å². The molecular formula is C20H30IN5O2S2. The zero-order chi connectivity index (χ0) is 20.7. The third-order valence-electron chi connectivity index (χ3n) is 4.89. The highest BCUT2D eigenvalue weighted by atomic mass is 127. The molecule has 0 radical (unpaired) electrons. The van der Waals surface area contributed by atoms with Crippen LogP contribution in [0.4, 0.5) is 0 Å². The molecule has 0 bridgehead atoms. The maximum atomic E-state index is 12.6. The van der Waals surface area contributed by atoms with Crippen LogP contribution in [0.3, 0.4) is 0 Å². The number of halogens is 1. The monoisotopic (exact) mass is 563 g/mol. The van der Waals surface area contributed by atoms with Gasteiger partial charge in [-0.25, -0.2) is 13.4 Å². The molecule has 0 amide bonds. The molecule has 3 rings (SSSR count). The van der Waals surface area contributed by atoms with Crippen LogP contribution in [0, 0.1) is 0 Å². The molecule has 1 fully saturated rings. The van der Waals surface area contributed by atoms with E-state index in [4.69, 9.17) is 0 Å². The number of rotatable bonds is 8. The van der Waals surface area contributed by atoms with Gasteiger partial charge in [0.25, 0.3) is 0 Å². The van der Waals surface area contributed by atoms with Crippen molar-refractivity contribution in [3.8, 4) is 0 Å². The number of nitrogens with zero attached hydrogens (tertiary/aromatic N) is 3. The third kappa shape index (κ3) is 6.63. The van der Waals surface area contributed by atoms with Crippen molar-refractivity contribution in [1.29, 1.82) is 0 Å². The van der Waals surface area contributed by atoms with E-state index in [9.17, 15) is 8.42 Å². The molecule has 1 aromatic carbocycles. The van der Waals surface area contributed by atoms with Gasteiger partial charge in [0.05, 0.1) is 9.90 Å². The Hall–Kier alpha value is -1.24. The highest BCUT2D eigenvalue weighted by Gasteiger charge is 2.26. The lowest BCUT2D eigenvalue weighted by Gasteiger charge is -2.16. The average molecular weight is 564 g/mol. The number of benzene rings is 1. The molecule has 7 nitrogen and oxygen atoms in total. The molecule has 0 unspecified atom stereocenters. The second kappa shape index (κ2) is 12.0. The normalized spacial score (nSPS) is 15.1. The molecule has 1 saturated heterocycles. The van der Waals surface area contributed by atoms with E-state index < -0.39 is 10.0 Å². The van der Waals surface area contributed by atoms with Gasteiger partial charge in [-0.05, 0) is 37.0 Å². The van der Waals surface area contributed by atoms with Gasteiger partial charge in [0.15, 0.2) is 5.96 Å². The molecule has 1 aromatic heterocycles. The minimum atomic E-state index is -3.36. The Labute approximate surface area is 200 Å². The second-order valence-corrected chi connectivity index (χ2v) is 10.1. The number of aliphatic imine (C=N–C) groups is 1. The predicted molar refractivity (Wildman–Crippen MR) is 133 cm³/mol. The zero-order valence-corrected chi connectivity index (χ0v) is 21.4. The van der Waals surface area contributed by atoms with Gasteiger partial charge >= 0.3 is 0 Å². The summed E-state index contributed by atoms with van der Waals surface area (Å²) in [6.45, 7) is 4.70. The second-order valence-electron chi connectivity index (χ2n) is 6.93. The molecule has 166 valence electrons. The Morgan fingerprint density at radius 3 is 2.50 bits per heavy atom. The van der Waals surface area contributed by atoms with Gasteiger partial charge in [-0.1, -0.05) is 19.1 Å². The van der Waals surface area contributed by atoms with Crippen molar-refractivity contribution in [3.05, 3.63) is 45.9 Å². The van der Waals surface area contributed by atoms with Crippen molar-refractivity contribution in [2.45, 2.75) is 44.0 Å². The molecule has 1 aliphatic rings. The molecule has 0 saturated carbocycles. The average Bonchev–Trinajstić information content (AvgIpc) is 3.43. The number of hydrogen-bond donors (Lipinski definition) is 2.